The molecule has 2 heterocycles. The maximum atomic E-state index is 12.8. The molecule has 2 aliphatic heterocycles. The molecule has 0 saturated carbocycles. The normalized spacial score (nSPS) is 23.5. The van der Waals surface area contributed by atoms with Crippen LogP contribution in [0.1, 0.15) is 28.8 Å². The van der Waals surface area contributed by atoms with Crippen LogP contribution in [0.3, 0.4) is 0 Å². The lowest BCUT2D eigenvalue weighted by molar-refractivity contribution is 0.0229. The number of anilines is 1. The van der Waals surface area contributed by atoms with Crippen molar-refractivity contribution in [2.24, 2.45) is 0 Å². The van der Waals surface area contributed by atoms with Gasteiger partial charge in [-0.05, 0) is 24.6 Å². The van der Waals surface area contributed by atoms with E-state index < -0.39 is 5.72 Å². The molecule has 4 nitrogen and oxygen atoms in total. The third-order valence-electron chi connectivity index (χ3n) is 4.20. The van der Waals surface area contributed by atoms with Crippen molar-refractivity contribution >= 4 is 11.6 Å². The van der Waals surface area contributed by atoms with Gasteiger partial charge in [-0.15, -0.1) is 0 Å². The van der Waals surface area contributed by atoms with Crippen LogP contribution >= 0.6 is 0 Å². The van der Waals surface area contributed by atoms with E-state index >= 15 is 0 Å². The Morgan fingerprint density at radius 2 is 1.86 bits per heavy atom. The molecule has 1 amide bonds. The molecule has 4 heteroatoms. The fourth-order valence-electron chi connectivity index (χ4n) is 3.25. The number of para-hydroxylation sites is 2. The second-order valence-corrected chi connectivity index (χ2v) is 5.42. The van der Waals surface area contributed by atoms with Gasteiger partial charge in [-0.1, -0.05) is 30.3 Å². The van der Waals surface area contributed by atoms with Gasteiger partial charge in [0.1, 0.15) is 5.75 Å². The molecule has 1 atom stereocenters. The lowest BCUT2D eigenvalue weighted by atomic mass is 9.96. The van der Waals surface area contributed by atoms with Gasteiger partial charge in [0.2, 0.25) is 0 Å². The van der Waals surface area contributed by atoms with Crippen LogP contribution in [-0.2, 0) is 5.72 Å². The topological polar surface area (TPSA) is 49.8 Å². The average Bonchev–Trinajstić information content (AvgIpc) is 2.71. The van der Waals surface area contributed by atoms with Gasteiger partial charge >= 0.3 is 0 Å². The molecule has 0 radical (unpaired) electrons. The Kier molecular flexibility index (Phi) is 2.56. The first-order valence-electron chi connectivity index (χ1n) is 7.10. The molecule has 0 saturated heterocycles. The van der Waals surface area contributed by atoms with Gasteiger partial charge in [0, 0.05) is 17.5 Å². The third-order valence-corrected chi connectivity index (χ3v) is 4.20. The molecule has 1 N–H and O–H groups in total. The number of aliphatic hydroxyl groups is 1. The van der Waals surface area contributed by atoms with Crippen LogP contribution in [0.15, 0.2) is 48.5 Å². The fraction of sp³-hybridized carbons (Fsp3) is 0.235. The monoisotopic (exact) mass is 281 g/mol. The van der Waals surface area contributed by atoms with Crippen LogP contribution in [0.2, 0.25) is 0 Å². The molecule has 2 aromatic carbocycles. The Balaban J connectivity index is 1.98. The summed E-state index contributed by atoms with van der Waals surface area (Å²) in [5.74, 6) is 0.461. The first-order chi connectivity index (χ1) is 10.2. The minimum atomic E-state index is -1.28. The highest BCUT2D eigenvalue weighted by atomic mass is 16.5. The minimum absolute atomic E-state index is 0.175. The Bertz CT molecular complexity index is 727. The van der Waals surface area contributed by atoms with Gasteiger partial charge in [-0.25, -0.2) is 0 Å². The predicted octanol–water partition coefficient (Wildman–Crippen LogP) is 2.66. The van der Waals surface area contributed by atoms with E-state index in [2.05, 4.69) is 0 Å². The minimum Gasteiger partial charge on any atom is -0.491 e. The fourth-order valence-corrected chi connectivity index (χ4v) is 3.25. The van der Waals surface area contributed by atoms with Gasteiger partial charge in [-0.2, -0.15) is 0 Å². The number of rotatable bonds is 0. The van der Waals surface area contributed by atoms with Crippen LogP contribution in [0, 0.1) is 0 Å². The second kappa shape index (κ2) is 4.33. The summed E-state index contributed by atoms with van der Waals surface area (Å²) >= 11 is 0. The number of benzene rings is 2. The van der Waals surface area contributed by atoms with Crippen LogP contribution in [0.4, 0.5) is 5.69 Å². The van der Waals surface area contributed by atoms with Crippen molar-refractivity contribution in [1.29, 1.82) is 0 Å². The molecule has 21 heavy (non-hydrogen) atoms. The highest BCUT2D eigenvalue weighted by molar-refractivity contribution is 6.12. The van der Waals surface area contributed by atoms with Crippen molar-refractivity contribution in [3.63, 3.8) is 0 Å². The van der Waals surface area contributed by atoms with Crippen molar-refractivity contribution in [3.05, 3.63) is 59.7 Å². The van der Waals surface area contributed by atoms with Crippen molar-refractivity contribution in [2.45, 2.75) is 18.6 Å². The first-order valence-corrected chi connectivity index (χ1v) is 7.10. The molecular formula is C17H15NO3. The number of nitrogens with zero attached hydrogens (tertiary/aromatic N) is 1. The first kappa shape index (κ1) is 12.4. The molecule has 1 unspecified atom stereocenters. The third kappa shape index (κ3) is 1.63. The average molecular weight is 281 g/mol. The highest BCUT2D eigenvalue weighted by Crippen LogP contribution is 2.47. The Morgan fingerprint density at radius 3 is 2.76 bits per heavy atom. The number of hydrogen-bond acceptors (Lipinski definition) is 3. The summed E-state index contributed by atoms with van der Waals surface area (Å²) in [4.78, 5) is 14.3. The van der Waals surface area contributed by atoms with Gasteiger partial charge < -0.3 is 9.84 Å². The number of fused-ring (bicyclic) bond motifs is 5. The number of ether oxygens (including phenoxy) is 1. The molecule has 0 aromatic heterocycles. The van der Waals surface area contributed by atoms with E-state index in [1.165, 1.54) is 4.90 Å². The Morgan fingerprint density at radius 1 is 1.10 bits per heavy atom. The van der Waals surface area contributed by atoms with Crippen LogP contribution in [0.5, 0.6) is 5.75 Å². The van der Waals surface area contributed by atoms with Crippen LogP contribution in [0.25, 0.3) is 0 Å². The van der Waals surface area contributed by atoms with E-state index in [0.717, 1.165) is 0 Å². The molecule has 0 aliphatic carbocycles. The summed E-state index contributed by atoms with van der Waals surface area (Å²) in [6.45, 7) is 0.531. The van der Waals surface area contributed by atoms with Gasteiger partial charge in [-0.3, -0.25) is 9.69 Å². The SMILES string of the molecule is O=C1c2ccccc2C2(O)CCCOc3ccccc3N12. The van der Waals surface area contributed by atoms with Gasteiger partial charge in [0.05, 0.1) is 12.3 Å². The second-order valence-electron chi connectivity index (χ2n) is 5.42. The summed E-state index contributed by atoms with van der Waals surface area (Å²) in [5.41, 5.74) is 0.595. The lowest BCUT2D eigenvalue weighted by Crippen LogP contribution is -2.45. The number of hydrogen-bond donors (Lipinski definition) is 1. The predicted molar refractivity (Wildman–Crippen MR) is 78.3 cm³/mol. The van der Waals surface area contributed by atoms with Crippen molar-refractivity contribution in [3.8, 4) is 5.75 Å². The van der Waals surface area contributed by atoms with E-state index in [-0.39, 0.29) is 5.91 Å². The molecule has 0 fully saturated rings. The largest absolute Gasteiger partial charge is 0.491 e. The van der Waals surface area contributed by atoms with Gasteiger partial charge in [0.25, 0.3) is 5.91 Å². The number of amides is 1. The molecule has 2 aliphatic rings. The smallest absolute Gasteiger partial charge is 0.261 e. The van der Waals surface area contributed by atoms with E-state index in [1.807, 2.05) is 42.5 Å². The van der Waals surface area contributed by atoms with Crippen molar-refractivity contribution < 1.29 is 14.6 Å². The molecule has 0 spiro atoms. The lowest BCUT2D eigenvalue weighted by Gasteiger charge is -2.36. The van der Waals surface area contributed by atoms with E-state index in [4.69, 9.17) is 4.74 Å². The summed E-state index contributed by atoms with van der Waals surface area (Å²) in [6.07, 6.45) is 1.15. The standard InChI is InChI=1S/C17H15NO3/c19-16-12-6-1-2-7-13(12)17(20)10-5-11-21-15-9-4-3-8-14(15)18(16)17/h1-4,6-9,20H,5,10-11H2. The number of carbonyl (C=O) groups is 1. The number of carbonyl (C=O) groups excluding carboxylic acids is 1. The van der Waals surface area contributed by atoms with Crippen LogP contribution in [-0.4, -0.2) is 17.6 Å². The maximum Gasteiger partial charge on any atom is 0.261 e. The van der Waals surface area contributed by atoms with E-state index in [9.17, 15) is 9.90 Å². The molecule has 2 aromatic rings. The van der Waals surface area contributed by atoms with Crippen molar-refractivity contribution in [1.82, 2.24) is 0 Å². The maximum absolute atomic E-state index is 12.8. The Hall–Kier alpha value is -2.33. The van der Waals surface area contributed by atoms with Crippen LogP contribution < -0.4 is 9.64 Å². The zero-order valence-corrected chi connectivity index (χ0v) is 11.5. The zero-order chi connectivity index (χ0) is 14.4. The van der Waals surface area contributed by atoms with Gasteiger partial charge in [0.15, 0.2) is 5.72 Å². The Labute approximate surface area is 122 Å². The van der Waals surface area contributed by atoms with E-state index in [1.54, 1.807) is 6.07 Å². The zero-order valence-electron chi connectivity index (χ0n) is 11.5. The highest BCUT2D eigenvalue weighted by Gasteiger charge is 2.50. The molecule has 4 rings (SSSR count). The molecule has 106 valence electrons. The summed E-state index contributed by atoms with van der Waals surface area (Å²) in [5, 5.41) is 11.2. The summed E-state index contributed by atoms with van der Waals surface area (Å²) < 4.78 is 5.72. The van der Waals surface area contributed by atoms with Crippen molar-refractivity contribution in [2.75, 3.05) is 11.5 Å². The molecular weight excluding hydrogens is 266 g/mol. The quantitative estimate of drug-likeness (QED) is 0.807. The van der Waals surface area contributed by atoms with E-state index in [0.29, 0.717) is 42.0 Å². The molecule has 0 bridgehead atoms. The summed E-state index contributed by atoms with van der Waals surface area (Å²) in [7, 11) is 0. The summed E-state index contributed by atoms with van der Waals surface area (Å²) in [6, 6.07) is 14.6.